The third-order valence-electron chi connectivity index (χ3n) is 5.48. The van der Waals surface area contributed by atoms with Crippen LogP contribution >= 0.6 is 0 Å². The summed E-state index contributed by atoms with van der Waals surface area (Å²) >= 11 is 0. The van der Waals surface area contributed by atoms with Gasteiger partial charge >= 0.3 is 0 Å². The summed E-state index contributed by atoms with van der Waals surface area (Å²) in [6, 6.07) is 8.61. The molecule has 5 rings (SSSR count). The Morgan fingerprint density at radius 3 is 3.07 bits per heavy atom. The molecule has 1 aliphatic carbocycles. The molecular weight excluding hydrogens is 344 g/mol. The molecule has 2 unspecified atom stereocenters. The molecule has 7 heteroatoms. The van der Waals surface area contributed by atoms with Crippen molar-refractivity contribution in [1.82, 2.24) is 20.1 Å². The molecule has 2 aromatic heterocycles. The summed E-state index contributed by atoms with van der Waals surface area (Å²) in [6.45, 7) is 0.735. The summed E-state index contributed by atoms with van der Waals surface area (Å²) < 4.78 is 7.07. The van der Waals surface area contributed by atoms with E-state index in [9.17, 15) is 9.59 Å². The number of nitrogens with zero attached hydrogens (tertiary/aromatic N) is 2. The lowest BCUT2D eigenvalue weighted by molar-refractivity contribution is 0.0924. The minimum atomic E-state index is -0.290. The number of H-pyrrole nitrogens is 1. The number of hydrogen-bond acceptors (Lipinski definition) is 4. The van der Waals surface area contributed by atoms with Crippen molar-refractivity contribution in [3.05, 3.63) is 63.7 Å². The van der Waals surface area contributed by atoms with Gasteiger partial charge in [-0.15, -0.1) is 0 Å². The van der Waals surface area contributed by atoms with Crippen LogP contribution in [-0.4, -0.2) is 39.9 Å². The zero-order valence-electron chi connectivity index (χ0n) is 14.8. The van der Waals surface area contributed by atoms with Crippen molar-refractivity contribution >= 4 is 16.8 Å². The van der Waals surface area contributed by atoms with Crippen molar-refractivity contribution in [1.29, 1.82) is 0 Å². The van der Waals surface area contributed by atoms with E-state index in [2.05, 4.69) is 15.4 Å². The smallest absolute Gasteiger partial charge is 0.267 e. The van der Waals surface area contributed by atoms with Crippen molar-refractivity contribution in [2.75, 3.05) is 13.2 Å². The van der Waals surface area contributed by atoms with E-state index in [1.54, 1.807) is 12.1 Å². The van der Waals surface area contributed by atoms with E-state index in [1.807, 2.05) is 24.4 Å². The highest BCUT2D eigenvalue weighted by Gasteiger charge is 2.33. The van der Waals surface area contributed by atoms with Gasteiger partial charge in [-0.1, -0.05) is 6.07 Å². The molecule has 2 N–H and O–H groups in total. The predicted molar refractivity (Wildman–Crippen MR) is 99.9 cm³/mol. The Hall–Kier alpha value is -2.93. The first-order chi connectivity index (χ1) is 13.2. The molecule has 3 heterocycles. The number of ether oxygens (including phenoxy) is 1. The van der Waals surface area contributed by atoms with Crippen LogP contribution in [0, 0.1) is 0 Å². The van der Waals surface area contributed by atoms with Crippen LogP contribution in [-0.2, 0) is 17.6 Å². The lowest BCUT2D eigenvalue weighted by atomic mass is 10.1. The number of benzene rings is 1. The van der Waals surface area contributed by atoms with Gasteiger partial charge in [0.05, 0.1) is 24.9 Å². The van der Waals surface area contributed by atoms with Crippen LogP contribution in [0.4, 0.5) is 0 Å². The highest BCUT2D eigenvalue weighted by Crippen LogP contribution is 2.22. The summed E-state index contributed by atoms with van der Waals surface area (Å²) in [4.78, 5) is 28.4. The van der Waals surface area contributed by atoms with E-state index in [0.29, 0.717) is 18.8 Å². The molecule has 0 spiro atoms. The minimum absolute atomic E-state index is 0.127. The van der Waals surface area contributed by atoms with Gasteiger partial charge in [-0.25, -0.2) is 4.68 Å². The van der Waals surface area contributed by atoms with E-state index in [-0.39, 0.29) is 23.6 Å². The second-order valence-corrected chi connectivity index (χ2v) is 7.22. The summed E-state index contributed by atoms with van der Waals surface area (Å²) in [5.74, 6) is -0.179. The van der Waals surface area contributed by atoms with Crippen LogP contribution in [0.3, 0.4) is 0 Å². The van der Waals surface area contributed by atoms with Crippen LogP contribution in [0.2, 0.25) is 0 Å². The highest BCUT2D eigenvalue weighted by atomic mass is 16.5. The van der Waals surface area contributed by atoms with Crippen molar-refractivity contribution in [2.24, 2.45) is 0 Å². The molecule has 2 atom stereocenters. The molecule has 0 radical (unpaired) electrons. The van der Waals surface area contributed by atoms with Gasteiger partial charge in [-0.05, 0) is 48.4 Å². The van der Waals surface area contributed by atoms with E-state index in [1.165, 1.54) is 4.68 Å². The van der Waals surface area contributed by atoms with Gasteiger partial charge in [0.2, 0.25) is 0 Å². The first kappa shape index (κ1) is 16.3. The number of nitrogens with one attached hydrogen (secondary N) is 2. The monoisotopic (exact) mass is 364 g/mol. The summed E-state index contributed by atoms with van der Waals surface area (Å²) in [5.41, 5.74) is 3.40. The largest absolute Gasteiger partial charge is 0.377 e. The fourth-order valence-electron chi connectivity index (χ4n) is 4.02. The maximum absolute atomic E-state index is 12.7. The average molecular weight is 364 g/mol. The Bertz CT molecular complexity index is 1080. The van der Waals surface area contributed by atoms with Gasteiger partial charge in [0, 0.05) is 23.3 Å². The predicted octanol–water partition coefficient (Wildman–Crippen LogP) is 1.58. The van der Waals surface area contributed by atoms with Crippen molar-refractivity contribution in [3.8, 4) is 0 Å². The molecule has 1 amide bonds. The number of aryl methyl sites for hydroxylation is 2. The fraction of sp³-hybridized carbons (Fsp3) is 0.350. The molecular formula is C20H20N4O3. The second-order valence-electron chi connectivity index (χ2n) is 7.22. The Kier molecular flexibility index (Phi) is 3.82. The van der Waals surface area contributed by atoms with Crippen LogP contribution in [0.25, 0.3) is 10.9 Å². The summed E-state index contributed by atoms with van der Waals surface area (Å²) in [7, 11) is 0. The molecule has 7 nitrogen and oxygen atoms in total. The Balaban J connectivity index is 1.40. The minimum Gasteiger partial charge on any atom is -0.377 e. The Morgan fingerprint density at radius 2 is 2.15 bits per heavy atom. The SMILES string of the molecule is O=C(NC1COCC1n1nc2c(cc1=O)CCC2)c1ccc2cc[nH]c2c1. The van der Waals surface area contributed by atoms with Gasteiger partial charge in [0.1, 0.15) is 6.04 Å². The molecule has 138 valence electrons. The third kappa shape index (κ3) is 2.84. The number of amides is 1. The lowest BCUT2D eigenvalue weighted by Gasteiger charge is -2.21. The van der Waals surface area contributed by atoms with Crippen LogP contribution in [0.5, 0.6) is 0 Å². The fourth-order valence-corrected chi connectivity index (χ4v) is 4.02. The maximum Gasteiger partial charge on any atom is 0.267 e. The number of aromatic nitrogens is 3. The zero-order valence-corrected chi connectivity index (χ0v) is 14.8. The van der Waals surface area contributed by atoms with Gasteiger partial charge < -0.3 is 15.0 Å². The average Bonchev–Trinajstić information content (AvgIpc) is 3.40. The topological polar surface area (TPSA) is 89.0 Å². The standard InChI is InChI=1S/C20H20N4O3/c25-19-9-13-2-1-3-15(13)23-24(19)18-11-27-10-17(18)22-20(26)14-5-4-12-6-7-21-16(12)8-14/h4-9,17-18,21H,1-3,10-11H2,(H,22,26). The molecule has 3 aromatic rings. The van der Waals surface area contributed by atoms with Crippen molar-refractivity contribution in [3.63, 3.8) is 0 Å². The number of fused-ring (bicyclic) bond motifs is 2. The van der Waals surface area contributed by atoms with Gasteiger partial charge in [-0.2, -0.15) is 5.10 Å². The van der Waals surface area contributed by atoms with E-state index >= 15 is 0 Å². The molecule has 1 aliphatic heterocycles. The van der Waals surface area contributed by atoms with Crippen molar-refractivity contribution < 1.29 is 9.53 Å². The van der Waals surface area contributed by atoms with Crippen LogP contribution in [0.15, 0.2) is 41.3 Å². The van der Waals surface area contributed by atoms with Crippen LogP contribution < -0.4 is 10.9 Å². The van der Waals surface area contributed by atoms with Crippen LogP contribution in [0.1, 0.15) is 34.1 Å². The normalized spacial score (nSPS) is 21.5. The number of aromatic amines is 1. The van der Waals surface area contributed by atoms with Gasteiger partial charge in [0.25, 0.3) is 11.5 Å². The first-order valence-electron chi connectivity index (χ1n) is 9.26. The molecule has 1 saturated heterocycles. The molecule has 0 bridgehead atoms. The molecule has 2 aliphatic rings. The van der Waals surface area contributed by atoms with Gasteiger partial charge in [-0.3, -0.25) is 9.59 Å². The van der Waals surface area contributed by atoms with E-state index in [4.69, 9.17) is 4.74 Å². The molecule has 27 heavy (non-hydrogen) atoms. The highest BCUT2D eigenvalue weighted by molar-refractivity contribution is 5.98. The zero-order chi connectivity index (χ0) is 18.4. The first-order valence-corrected chi connectivity index (χ1v) is 9.26. The number of hydrogen-bond donors (Lipinski definition) is 2. The quantitative estimate of drug-likeness (QED) is 0.739. The second kappa shape index (κ2) is 6.35. The summed E-state index contributed by atoms with van der Waals surface area (Å²) in [5, 5.41) is 8.64. The number of carbonyl (C=O) groups is 1. The Morgan fingerprint density at radius 1 is 1.22 bits per heavy atom. The van der Waals surface area contributed by atoms with Gasteiger partial charge in [0.15, 0.2) is 0 Å². The van der Waals surface area contributed by atoms with Crippen molar-refractivity contribution in [2.45, 2.75) is 31.3 Å². The van der Waals surface area contributed by atoms with E-state index in [0.717, 1.165) is 41.4 Å². The number of carbonyl (C=O) groups excluding carboxylic acids is 1. The molecule has 1 aromatic carbocycles. The summed E-state index contributed by atoms with van der Waals surface area (Å²) in [6.07, 6.45) is 4.70. The molecule has 1 fully saturated rings. The lowest BCUT2D eigenvalue weighted by Crippen LogP contribution is -2.44. The Labute approximate surface area is 155 Å². The maximum atomic E-state index is 12.7. The third-order valence-corrected chi connectivity index (χ3v) is 5.48. The van der Waals surface area contributed by atoms with E-state index < -0.39 is 0 Å². The number of rotatable bonds is 3. The molecule has 0 saturated carbocycles.